The average molecular weight is 292 g/mol. The van der Waals surface area contributed by atoms with E-state index in [4.69, 9.17) is 18.9 Å². The molecule has 2 saturated heterocycles. The van der Waals surface area contributed by atoms with E-state index in [9.17, 15) is 9.59 Å². The van der Waals surface area contributed by atoms with Crippen LogP contribution in [0.3, 0.4) is 0 Å². The Hall–Kier alpha value is -2.08. The Balaban J connectivity index is 1.86. The molecule has 112 valence electrons. The van der Waals surface area contributed by atoms with Gasteiger partial charge in [-0.25, -0.2) is 0 Å². The minimum atomic E-state index is -0.409. The SMILES string of the molecule is COc1cc([C@H]2OC[C@@H]3C(=O)OC[C@@H]32)ccc1OC(C)=O. The van der Waals surface area contributed by atoms with E-state index in [0.717, 1.165) is 5.56 Å². The van der Waals surface area contributed by atoms with Gasteiger partial charge in [0, 0.05) is 12.8 Å². The molecule has 2 fully saturated rings. The maximum Gasteiger partial charge on any atom is 0.311 e. The minimum Gasteiger partial charge on any atom is -0.493 e. The number of hydrogen-bond donors (Lipinski definition) is 0. The van der Waals surface area contributed by atoms with E-state index in [-0.39, 0.29) is 23.9 Å². The van der Waals surface area contributed by atoms with Crippen molar-refractivity contribution in [2.75, 3.05) is 20.3 Å². The second-order valence-corrected chi connectivity index (χ2v) is 5.16. The summed E-state index contributed by atoms with van der Waals surface area (Å²) in [5, 5.41) is 0. The number of rotatable bonds is 3. The van der Waals surface area contributed by atoms with Crippen molar-refractivity contribution in [2.45, 2.75) is 13.0 Å². The number of carbonyl (C=O) groups excluding carboxylic acids is 2. The summed E-state index contributed by atoms with van der Waals surface area (Å²) in [4.78, 5) is 22.6. The smallest absolute Gasteiger partial charge is 0.311 e. The highest BCUT2D eigenvalue weighted by atomic mass is 16.6. The number of benzene rings is 1. The molecule has 6 nitrogen and oxygen atoms in total. The van der Waals surface area contributed by atoms with Crippen LogP contribution in [0.15, 0.2) is 18.2 Å². The Morgan fingerprint density at radius 1 is 1.29 bits per heavy atom. The number of hydrogen-bond acceptors (Lipinski definition) is 6. The fourth-order valence-electron chi connectivity index (χ4n) is 2.84. The Kier molecular flexibility index (Phi) is 3.55. The minimum absolute atomic E-state index is 0.0294. The zero-order chi connectivity index (χ0) is 15.0. The Bertz CT molecular complexity index is 582. The summed E-state index contributed by atoms with van der Waals surface area (Å²) in [5.74, 6) is 0.0666. The van der Waals surface area contributed by atoms with Crippen LogP contribution in [0.1, 0.15) is 18.6 Å². The van der Waals surface area contributed by atoms with Gasteiger partial charge >= 0.3 is 11.9 Å². The molecule has 0 bridgehead atoms. The van der Waals surface area contributed by atoms with Crippen LogP contribution in [0.5, 0.6) is 11.5 Å². The zero-order valence-electron chi connectivity index (χ0n) is 11.8. The molecule has 0 spiro atoms. The van der Waals surface area contributed by atoms with Gasteiger partial charge in [-0.1, -0.05) is 6.07 Å². The van der Waals surface area contributed by atoms with E-state index in [1.54, 1.807) is 12.1 Å². The van der Waals surface area contributed by atoms with Gasteiger partial charge in [-0.2, -0.15) is 0 Å². The summed E-state index contributed by atoms with van der Waals surface area (Å²) in [6.07, 6.45) is -0.207. The van der Waals surface area contributed by atoms with Crippen molar-refractivity contribution >= 4 is 11.9 Å². The molecule has 0 radical (unpaired) electrons. The van der Waals surface area contributed by atoms with Crippen LogP contribution in [-0.4, -0.2) is 32.3 Å². The maximum absolute atomic E-state index is 11.5. The van der Waals surface area contributed by atoms with E-state index in [0.29, 0.717) is 24.7 Å². The Morgan fingerprint density at radius 3 is 2.81 bits per heavy atom. The van der Waals surface area contributed by atoms with Crippen molar-refractivity contribution in [2.24, 2.45) is 11.8 Å². The van der Waals surface area contributed by atoms with E-state index >= 15 is 0 Å². The first kappa shape index (κ1) is 13.9. The summed E-state index contributed by atoms with van der Waals surface area (Å²) in [6.45, 7) is 2.09. The van der Waals surface area contributed by atoms with Gasteiger partial charge < -0.3 is 18.9 Å². The highest BCUT2D eigenvalue weighted by Crippen LogP contribution is 2.44. The van der Waals surface area contributed by atoms with Gasteiger partial charge in [0.1, 0.15) is 0 Å². The first-order valence-electron chi connectivity index (χ1n) is 6.74. The molecule has 2 heterocycles. The molecule has 2 aliphatic rings. The standard InChI is InChI=1S/C15H16O6/c1-8(16)21-12-4-3-9(5-13(12)18-2)14-10-6-20-15(17)11(10)7-19-14/h3-5,10-11,14H,6-7H2,1-2H3/t10-,11-,14+/m0/s1. The Morgan fingerprint density at radius 2 is 2.10 bits per heavy atom. The summed E-state index contributed by atoms with van der Waals surface area (Å²) in [6, 6.07) is 5.26. The molecular formula is C15H16O6. The second-order valence-electron chi connectivity index (χ2n) is 5.16. The highest BCUT2D eigenvalue weighted by Gasteiger charge is 2.48. The lowest BCUT2D eigenvalue weighted by Crippen LogP contribution is -2.15. The summed E-state index contributed by atoms with van der Waals surface area (Å²) >= 11 is 0. The molecule has 2 aliphatic heterocycles. The highest BCUT2D eigenvalue weighted by molar-refractivity contribution is 5.75. The van der Waals surface area contributed by atoms with Crippen molar-refractivity contribution < 1.29 is 28.5 Å². The molecule has 1 aromatic carbocycles. The van der Waals surface area contributed by atoms with Crippen LogP contribution in [0, 0.1) is 11.8 Å². The molecule has 0 unspecified atom stereocenters. The molecule has 0 aliphatic carbocycles. The van der Waals surface area contributed by atoms with Crippen LogP contribution in [0.25, 0.3) is 0 Å². The van der Waals surface area contributed by atoms with Crippen LogP contribution >= 0.6 is 0 Å². The number of cyclic esters (lactones) is 1. The predicted molar refractivity (Wildman–Crippen MR) is 70.9 cm³/mol. The fraction of sp³-hybridized carbons (Fsp3) is 0.467. The molecule has 0 amide bonds. The van der Waals surface area contributed by atoms with Crippen molar-refractivity contribution in [3.05, 3.63) is 23.8 Å². The third-order valence-electron chi connectivity index (χ3n) is 3.85. The predicted octanol–water partition coefficient (Wildman–Crippen LogP) is 1.48. The largest absolute Gasteiger partial charge is 0.493 e. The van der Waals surface area contributed by atoms with Crippen LogP contribution < -0.4 is 9.47 Å². The van der Waals surface area contributed by atoms with Gasteiger partial charge in [0.05, 0.1) is 32.3 Å². The monoisotopic (exact) mass is 292 g/mol. The maximum atomic E-state index is 11.5. The lowest BCUT2D eigenvalue weighted by molar-refractivity contribution is -0.142. The van der Waals surface area contributed by atoms with Crippen LogP contribution in [0.4, 0.5) is 0 Å². The number of carbonyl (C=O) groups is 2. The third kappa shape index (κ3) is 2.47. The number of esters is 2. The molecule has 3 atom stereocenters. The third-order valence-corrected chi connectivity index (χ3v) is 3.85. The van der Waals surface area contributed by atoms with Gasteiger partial charge in [0.15, 0.2) is 11.5 Å². The molecule has 0 saturated carbocycles. The van der Waals surface area contributed by atoms with Crippen molar-refractivity contribution in [1.29, 1.82) is 0 Å². The summed E-state index contributed by atoms with van der Waals surface area (Å²) in [7, 11) is 1.51. The molecule has 6 heteroatoms. The summed E-state index contributed by atoms with van der Waals surface area (Å²) in [5.41, 5.74) is 0.883. The number of methoxy groups -OCH3 is 1. The van der Waals surface area contributed by atoms with Crippen molar-refractivity contribution in [3.63, 3.8) is 0 Å². The van der Waals surface area contributed by atoms with E-state index in [1.807, 2.05) is 6.07 Å². The normalized spacial score (nSPS) is 27.1. The molecule has 0 aromatic heterocycles. The topological polar surface area (TPSA) is 71.1 Å². The van der Waals surface area contributed by atoms with E-state index < -0.39 is 5.97 Å². The summed E-state index contributed by atoms with van der Waals surface area (Å²) < 4.78 is 21.1. The van der Waals surface area contributed by atoms with Gasteiger partial charge in [-0.05, 0) is 17.7 Å². The quantitative estimate of drug-likeness (QED) is 0.621. The van der Waals surface area contributed by atoms with Gasteiger partial charge in [0.2, 0.25) is 0 Å². The fourth-order valence-corrected chi connectivity index (χ4v) is 2.84. The zero-order valence-corrected chi connectivity index (χ0v) is 11.8. The lowest BCUT2D eigenvalue weighted by atomic mass is 9.90. The molecular weight excluding hydrogens is 276 g/mol. The molecule has 21 heavy (non-hydrogen) atoms. The first-order valence-corrected chi connectivity index (χ1v) is 6.74. The van der Waals surface area contributed by atoms with Gasteiger partial charge in [0.25, 0.3) is 0 Å². The van der Waals surface area contributed by atoms with Crippen LogP contribution in [0.2, 0.25) is 0 Å². The molecule has 0 N–H and O–H groups in total. The van der Waals surface area contributed by atoms with Crippen molar-refractivity contribution in [3.8, 4) is 11.5 Å². The molecule has 1 aromatic rings. The van der Waals surface area contributed by atoms with Gasteiger partial charge in [-0.15, -0.1) is 0 Å². The van der Waals surface area contributed by atoms with Crippen molar-refractivity contribution in [1.82, 2.24) is 0 Å². The lowest BCUT2D eigenvalue weighted by Gasteiger charge is -2.17. The number of ether oxygens (including phenoxy) is 4. The van der Waals surface area contributed by atoms with E-state index in [2.05, 4.69) is 0 Å². The average Bonchev–Trinajstić information content (AvgIpc) is 3.02. The van der Waals surface area contributed by atoms with Gasteiger partial charge in [-0.3, -0.25) is 9.59 Å². The molecule has 3 rings (SSSR count). The van der Waals surface area contributed by atoms with Crippen LogP contribution in [-0.2, 0) is 19.1 Å². The van der Waals surface area contributed by atoms with E-state index in [1.165, 1.54) is 14.0 Å². The Labute approximate surface area is 121 Å². The number of fused-ring (bicyclic) bond motifs is 1. The second kappa shape index (κ2) is 5.37. The first-order chi connectivity index (χ1) is 10.1.